The summed E-state index contributed by atoms with van der Waals surface area (Å²) < 4.78 is 13.3. The van der Waals surface area contributed by atoms with Crippen molar-refractivity contribution in [1.29, 1.82) is 0 Å². The summed E-state index contributed by atoms with van der Waals surface area (Å²) >= 11 is 1.54. The first-order valence-electron chi connectivity index (χ1n) is 8.05. The van der Waals surface area contributed by atoms with Crippen molar-refractivity contribution < 1.29 is 8.83 Å². The Morgan fingerprint density at radius 1 is 1.16 bits per heavy atom. The van der Waals surface area contributed by atoms with E-state index < -0.39 is 0 Å². The molecule has 4 aromatic rings. The summed E-state index contributed by atoms with van der Waals surface area (Å²) in [6, 6.07) is 13.8. The molecule has 0 saturated carbocycles. The lowest BCUT2D eigenvalue weighted by Gasteiger charge is -1.99. The number of furan rings is 2. The number of rotatable bonds is 4. The van der Waals surface area contributed by atoms with Gasteiger partial charge in [-0.3, -0.25) is 4.99 Å². The van der Waals surface area contributed by atoms with Crippen LogP contribution < -0.4 is 4.80 Å². The maximum Gasteiger partial charge on any atom is 0.206 e. The lowest BCUT2D eigenvalue weighted by molar-refractivity contribution is 0.527. The summed E-state index contributed by atoms with van der Waals surface area (Å²) in [7, 11) is 0. The number of hydrogen-bond donors (Lipinski definition) is 0. The minimum absolute atomic E-state index is 0.690. The number of thiazole rings is 1. The van der Waals surface area contributed by atoms with E-state index in [9.17, 15) is 0 Å². The largest absolute Gasteiger partial charge is 0.460 e. The molecule has 4 rings (SSSR count). The third-order valence-electron chi connectivity index (χ3n) is 3.72. The maximum absolute atomic E-state index is 5.99. The number of hydrogen-bond acceptors (Lipinski definition) is 5. The second-order valence-electron chi connectivity index (χ2n) is 5.53. The topological polar surface area (TPSA) is 55.9 Å². The molecule has 0 atom stereocenters. The van der Waals surface area contributed by atoms with E-state index in [-0.39, 0.29) is 0 Å². The average Bonchev–Trinajstić information content (AvgIpc) is 3.31. The molecule has 0 fully saturated rings. The Morgan fingerprint density at radius 2 is 2.04 bits per heavy atom. The normalized spacial score (nSPS) is 12.6. The predicted octanol–water partition coefficient (Wildman–Crippen LogP) is 4.67. The second-order valence-corrected chi connectivity index (χ2v) is 6.37. The summed E-state index contributed by atoms with van der Waals surface area (Å²) in [6.45, 7) is 4.60. The number of aromatic nitrogens is 1. The fourth-order valence-electron chi connectivity index (χ4n) is 2.57. The average molecular weight is 351 g/mol. The predicted molar refractivity (Wildman–Crippen MR) is 100 cm³/mol. The summed E-state index contributed by atoms with van der Waals surface area (Å²) in [6.07, 6.45) is 1.69. The Labute approximate surface area is 148 Å². The van der Waals surface area contributed by atoms with Gasteiger partial charge in [0, 0.05) is 17.3 Å². The van der Waals surface area contributed by atoms with Crippen molar-refractivity contribution in [3.05, 3.63) is 64.2 Å². The monoisotopic (exact) mass is 351 g/mol. The van der Waals surface area contributed by atoms with Crippen LogP contribution in [0.1, 0.15) is 18.4 Å². The van der Waals surface area contributed by atoms with Crippen LogP contribution in [0.4, 0.5) is 0 Å². The lowest BCUT2D eigenvalue weighted by Crippen LogP contribution is -2.12. The molecule has 0 spiro atoms. The molecule has 0 amide bonds. The summed E-state index contributed by atoms with van der Waals surface area (Å²) in [5, 5.41) is 7.65. The number of para-hydroxylation sites is 1. The molecule has 0 aliphatic rings. The molecule has 0 bridgehead atoms. The Morgan fingerprint density at radius 3 is 2.80 bits per heavy atom. The highest BCUT2D eigenvalue weighted by Crippen LogP contribution is 2.28. The first-order valence-corrected chi connectivity index (χ1v) is 8.93. The first kappa shape index (κ1) is 15.7. The van der Waals surface area contributed by atoms with E-state index in [1.165, 1.54) is 11.3 Å². The van der Waals surface area contributed by atoms with Crippen LogP contribution in [0.3, 0.4) is 0 Å². The van der Waals surface area contributed by atoms with Gasteiger partial charge in [0.1, 0.15) is 22.8 Å². The summed E-state index contributed by atoms with van der Waals surface area (Å²) in [5.74, 6) is 2.32. The highest BCUT2D eigenvalue weighted by Gasteiger charge is 2.12. The van der Waals surface area contributed by atoms with Crippen molar-refractivity contribution >= 4 is 28.5 Å². The fraction of sp³-hybridized carbons (Fsp3) is 0.158. The molecule has 0 unspecified atom stereocenters. The van der Waals surface area contributed by atoms with Gasteiger partial charge < -0.3 is 8.83 Å². The van der Waals surface area contributed by atoms with Crippen molar-refractivity contribution in [1.82, 2.24) is 4.68 Å². The van der Waals surface area contributed by atoms with Crippen LogP contribution in [-0.4, -0.2) is 17.4 Å². The smallest absolute Gasteiger partial charge is 0.206 e. The Bertz CT molecular complexity index is 1080. The highest BCUT2D eigenvalue weighted by molar-refractivity contribution is 7.07. The molecule has 25 heavy (non-hydrogen) atoms. The molecular formula is C19H17N3O2S. The molecule has 0 saturated heterocycles. The number of fused-ring (bicyclic) bond motifs is 1. The number of nitrogens with zero attached hydrogens (tertiary/aromatic N) is 3. The molecule has 5 nitrogen and oxygen atoms in total. The second kappa shape index (κ2) is 6.57. The molecule has 0 N–H and O–H groups in total. The Kier molecular flexibility index (Phi) is 4.11. The number of aryl methyl sites for hydroxylation is 1. The minimum Gasteiger partial charge on any atom is -0.460 e. The molecule has 0 aliphatic heterocycles. The van der Waals surface area contributed by atoms with Crippen molar-refractivity contribution in [2.75, 3.05) is 6.54 Å². The third-order valence-corrected chi connectivity index (χ3v) is 4.57. The molecule has 126 valence electrons. The highest BCUT2D eigenvalue weighted by atomic mass is 32.1. The summed E-state index contributed by atoms with van der Waals surface area (Å²) in [4.78, 5) is 5.34. The number of benzene rings is 1. The van der Waals surface area contributed by atoms with Gasteiger partial charge in [-0.25, -0.2) is 4.68 Å². The van der Waals surface area contributed by atoms with Gasteiger partial charge in [0.2, 0.25) is 4.80 Å². The lowest BCUT2D eigenvalue weighted by atomic mass is 10.2. The molecule has 6 heteroatoms. The molecule has 0 aliphatic carbocycles. The molecular weight excluding hydrogens is 334 g/mol. The molecule has 3 heterocycles. The molecule has 1 aromatic carbocycles. The molecule has 3 aromatic heterocycles. The SMILES string of the molecule is CCN=c1scc(-c2cc3ccccc3o2)n1N=Cc1ccc(C)o1. The van der Waals surface area contributed by atoms with E-state index in [4.69, 9.17) is 8.83 Å². The van der Waals surface area contributed by atoms with E-state index in [0.29, 0.717) is 12.3 Å². The van der Waals surface area contributed by atoms with Crippen LogP contribution in [0.2, 0.25) is 0 Å². The molecule has 0 radical (unpaired) electrons. The van der Waals surface area contributed by atoms with E-state index in [1.807, 2.05) is 61.7 Å². The van der Waals surface area contributed by atoms with Crippen LogP contribution in [-0.2, 0) is 0 Å². The van der Waals surface area contributed by atoms with Gasteiger partial charge in [-0.2, -0.15) is 5.10 Å². The van der Waals surface area contributed by atoms with E-state index >= 15 is 0 Å². The third kappa shape index (κ3) is 3.08. The van der Waals surface area contributed by atoms with Gasteiger partial charge in [0.25, 0.3) is 0 Å². The van der Waals surface area contributed by atoms with Gasteiger partial charge in [-0.05, 0) is 38.1 Å². The van der Waals surface area contributed by atoms with Crippen LogP contribution in [0.25, 0.3) is 22.4 Å². The zero-order valence-corrected chi connectivity index (χ0v) is 14.8. The van der Waals surface area contributed by atoms with Gasteiger partial charge in [-0.15, -0.1) is 11.3 Å². The van der Waals surface area contributed by atoms with E-state index in [0.717, 1.165) is 33.0 Å². The van der Waals surface area contributed by atoms with E-state index in [1.54, 1.807) is 10.9 Å². The standard InChI is InChI=1S/C19H17N3O2S/c1-3-20-19-22(21-11-15-9-8-13(2)23-15)16(12-25-19)18-10-14-6-4-5-7-17(14)24-18/h4-12H,3H2,1-2H3. The quantitative estimate of drug-likeness (QED) is 0.502. The van der Waals surface area contributed by atoms with Crippen LogP contribution in [0, 0.1) is 6.92 Å². The van der Waals surface area contributed by atoms with Crippen molar-refractivity contribution in [3.63, 3.8) is 0 Å². The van der Waals surface area contributed by atoms with Crippen LogP contribution >= 0.6 is 11.3 Å². The van der Waals surface area contributed by atoms with Gasteiger partial charge in [-0.1, -0.05) is 18.2 Å². The van der Waals surface area contributed by atoms with Crippen molar-refractivity contribution in [2.24, 2.45) is 10.1 Å². The van der Waals surface area contributed by atoms with Crippen LogP contribution in [0.5, 0.6) is 0 Å². The fourth-order valence-corrected chi connectivity index (χ4v) is 3.45. The maximum atomic E-state index is 5.99. The minimum atomic E-state index is 0.690. The van der Waals surface area contributed by atoms with Gasteiger partial charge in [0.05, 0.1) is 6.21 Å². The van der Waals surface area contributed by atoms with Gasteiger partial charge >= 0.3 is 0 Å². The Hall–Kier alpha value is -2.86. The first-order chi connectivity index (χ1) is 12.2. The van der Waals surface area contributed by atoms with Crippen LogP contribution in [0.15, 0.2) is 66.8 Å². The zero-order chi connectivity index (χ0) is 17.2. The summed E-state index contributed by atoms with van der Waals surface area (Å²) in [5.41, 5.74) is 1.72. The van der Waals surface area contributed by atoms with E-state index in [2.05, 4.69) is 10.1 Å². The van der Waals surface area contributed by atoms with Crippen molar-refractivity contribution in [2.45, 2.75) is 13.8 Å². The van der Waals surface area contributed by atoms with Crippen molar-refractivity contribution in [3.8, 4) is 11.5 Å². The van der Waals surface area contributed by atoms with Gasteiger partial charge in [0.15, 0.2) is 5.76 Å². The zero-order valence-electron chi connectivity index (χ0n) is 14.0. The Balaban J connectivity index is 1.82.